The van der Waals surface area contributed by atoms with Crippen LogP contribution in [0.3, 0.4) is 0 Å². The molecule has 0 aromatic heterocycles. The van der Waals surface area contributed by atoms with Crippen LogP contribution in [0.25, 0.3) is 0 Å². The van der Waals surface area contributed by atoms with E-state index >= 15 is 0 Å². The highest BCUT2D eigenvalue weighted by Gasteiger charge is 2.28. The molecular formula is C15H22ClN3O3. The summed E-state index contributed by atoms with van der Waals surface area (Å²) in [7, 11) is 1.49. The number of carbonyl (C=O) groups excluding carboxylic acids is 1. The summed E-state index contributed by atoms with van der Waals surface area (Å²) >= 11 is 6.01. The molecular weight excluding hydrogens is 306 g/mol. The number of halogens is 1. The Morgan fingerprint density at radius 2 is 2.32 bits per heavy atom. The van der Waals surface area contributed by atoms with Gasteiger partial charge < -0.3 is 25.8 Å². The number of nitrogen functional groups attached to an aromatic ring is 1. The molecule has 22 heavy (non-hydrogen) atoms. The van der Waals surface area contributed by atoms with E-state index in [-0.39, 0.29) is 18.1 Å². The number of hydrogen-bond acceptors (Lipinski definition) is 5. The molecule has 1 fully saturated rings. The van der Waals surface area contributed by atoms with Crippen molar-refractivity contribution in [3.63, 3.8) is 0 Å². The fourth-order valence-electron chi connectivity index (χ4n) is 2.55. The molecule has 122 valence electrons. The molecule has 0 radical (unpaired) electrons. The zero-order chi connectivity index (χ0) is 16.1. The largest absolute Gasteiger partial charge is 0.496 e. The molecule has 1 saturated heterocycles. The Hall–Kier alpha value is -1.50. The number of hydrogen-bond donors (Lipinski definition) is 3. The second-order valence-corrected chi connectivity index (χ2v) is 5.55. The van der Waals surface area contributed by atoms with E-state index in [4.69, 9.17) is 26.8 Å². The number of piperidine rings is 1. The van der Waals surface area contributed by atoms with Crippen LogP contribution in [-0.2, 0) is 4.74 Å². The van der Waals surface area contributed by atoms with E-state index in [1.165, 1.54) is 13.2 Å². The quantitative estimate of drug-likeness (QED) is 0.712. The topological polar surface area (TPSA) is 85.6 Å². The Balaban J connectivity index is 2.15. The number of nitrogens with one attached hydrogen (secondary N) is 2. The Morgan fingerprint density at radius 1 is 1.55 bits per heavy atom. The van der Waals surface area contributed by atoms with Gasteiger partial charge in [-0.25, -0.2) is 0 Å². The van der Waals surface area contributed by atoms with Gasteiger partial charge in [0.15, 0.2) is 0 Å². The number of benzene rings is 1. The summed E-state index contributed by atoms with van der Waals surface area (Å²) in [5.74, 6) is 0.164. The monoisotopic (exact) mass is 327 g/mol. The van der Waals surface area contributed by atoms with Gasteiger partial charge >= 0.3 is 0 Å². The number of ether oxygens (including phenoxy) is 2. The van der Waals surface area contributed by atoms with Crippen molar-refractivity contribution in [2.24, 2.45) is 0 Å². The maximum Gasteiger partial charge on any atom is 0.255 e. The lowest BCUT2D eigenvalue weighted by Crippen LogP contribution is -2.53. The molecule has 0 bridgehead atoms. The van der Waals surface area contributed by atoms with E-state index in [0.29, 0.717) is 28.6 Å². The number of carbonyl (C=O) groups is 1. The number of nitrogens with two attached hydrogens (primary N) is 1. The van der Waals surface area contributed by atoms with Crippen LogP contribution < -0.4 is 21.1 Å². The first-order valence-corrected chi connectivity index (χ1v) is 7.70. The maximum absolute atomic E-state index is 12.5. The highest BCUT2D eigenvalue weighted by atomic mass is 35.5. The summed E-state index contributed by atoms with van der Waals surface area (Å²) in [5, 5.41) is 6.60. The van der Waals surface area contributed by atoms with E-state index in [2.05, 4.69) is 10.6 Å². The highest BCUT2D eigenvalue weighted by molar-refractivity contribution is 6.33. The average molecular weight is 328 g/mol. The lowest BCUT2D eigenvalue weighted by Gasteiger charge is -2.32. The first-order valence-electron chi connectivity index (χ1n) is 7.33. The van der Waals surface area contributed by atoms with Crippen LogP contribution >= 0.6 is 11.6 Å². The van der Waals surface area contributed by atoms with Crippen LogP contribution in [0.5, 0.6) is 5.75 Å². The van der Waals surface area contributed by atoms with Gasteiger partial charge in [-0.3, -0.25) is 4.79 Å². The molecule has 0 aliphatic carbocycles. The van der Waals surface area contributed by atoms with Gasteiger partial charge in [0.25, 0.3) is 5.91 Å². The minimum absolute atomic E-state index is 0.0436. The third-order valence-electron chi connectivity index (χ3n) is 3.69. The van der Waals surface area contributed by atoms with Crippen molar-refractivity contribution in [1.82, 2.24) is 10.6 Å². The van der Waals surface area contributed by atoms with Crippen molar-refractivity contribution in [2.45, 2.75) is 25.5 Å². The zero-order valence-electron chi connectivity index (χ0n) is 12.8. The predicted octanol–water partition coefficient (Wildman–Crippen LogP) is 1.43. The van der Waals surface area contributed by atoms with Crippen LogP contribution in [0, 0.1) is 0 Å². The molecule has 2 atom stereocenters. The van der Waals surface area contributed by atoms with E-state index < -0.39 is 0 Å². The van der Waals surface area contributed by atoms with E-state index in [1.54, 1.807) is 6.07 Å². The number of anilines is 1. The SMILES string of the molecule is CCO[C@H]1CNCC[C@H]1NC(=O)c1cc(Cl)c(N)cc1OC. The van der Waals surface area contributed by atoms with Gasteiger partial charge in [0.05, 0.1) is 35.5 Å². The molecule has 1 heterocycles. The van der Waals surface area contributed by atoms with Gasteiger partial charge in [-0.2, -0.15) is 0 Å². The van der Waals surface area contributed by atoms with Crippen LogP contribution in [0.4, 0.5) is 5.69 Å². The van der Waals surface area contributed by atoms with Crippen molar-refractivity contribution >= 4 is 23.2 Å². The second kappa shape index (κ2) is 7.67. The molecule has 1 aromatic rings. The van der Waals surface area contributed by atoms with Crippen molar-refractivity contribution < 1.29 is 14.3 Å². The summed E-state index contributed by atoms with van der Waals surface area (Å²) in [4.78, 5) is 12.5. The van der Waals surface area contributed by atoms with E-state index in [9.17, 15) is 4.79 Å². The number of amides is 1. The van der Waals surface area contributed by atoms with Crippen molar-refractivity contribution in [1.29, 1.82) is 0 Å². The van der Waals surface area contributed by atoms with Crippen LogP contribution in [0.2, 0.25) is 5.02 Å². The summed E-state index contributed by atoms with van der Waals surface area (Å²) in [5.41, 5.74) is 6.49. The zero-order valence-corrected chi connectivity index (χ0v) is 13.6. The fourth-order valence-corrected chi connectivity index (χ4v) is 2.71. The average Bonchev–Trinajstić information content (AvgIpc) is 2.51. The Morgan fingerprint density at radius 3 is 3.00 bits per heavy atom. The van der Waals surface area contributed by atoms with Crippen LogP contribution in [0.15, 0.2) is 12.1 Å². The van der Waals surface area contributed by atoms with Crippen LogP contribution in [-0.4, -0.2) is 44.9 Å². The minimum Gasteiger partial charge on any atom is -0.496 e. The molecule has 1 aromatic carbocycles. The van der Waals surface area contributed by atoms with Gasteiger partial charge in [-0.15, -0.1) is 0 Å². The molecule has 0 spiro atoms. The van der Waals surface area contributed by atoms with Crippen molar-refractivity contribution in [3.8, 4) is 5.75 Å². The molecule has 1 aliphatic rings. The predicted molar refractivity (Wildman–Crippen MR) is 86.6 cm³/mol. The third kappa shape index (κ3) is 3.82. The summed E-state index contributed by atoms with van der Waals surface area (Å²) < 4.78 is 10.9. The molecule has 2 rings (SSSR count). The Labute approximate surface area is 135 Å². The van der Waals surface area contributed by atoms with Gasteiger partial charge in [-0.1, -0.05) is 11.6 Å². The van der Waals surface area contributed by atoms with E-state index in [0.717, 1.165) is 19.5 Å². The molecule has 6 nitrogen and oxygen atoms in total. The molecule has 0 unspecified atom stereocenters. The standard InChI is InChI=1S/C15H22ClN3O3/c1-3-22-14-8-18-5-4-12(14)19-15(20)9-6-10(16)11(17)7-13(9)21-2/h6-7,12,14,18H,3-5,8,17H2,1-2H3,(H,19,20)/t12-,14+/m1/s1. The number of methoxy groups -OCH3 is 1. The molecule has 1 aliphatic heterocycles. The minimum atomic E-state index is -0.240. The first-order chi connectivity index (χ1) is 10.6. The van der Waals surface area contributed by atoms with Gasteiger partial charge in [0.2, 0.25) is 0 Å². The Bertz CT molecular complexity index is 537. The summed E-state index contributed by atoms with van der Waals surface area (Å²) in [6.07, 6.45) is 0.763. The van der Waals surface area contributed by atoms with Crippen molar-refractivity contribution in [3.05, 3.63) is 22.7 Å². The highest BCUT2D eigenvalue weighted by Crippen LogP contribution is 2.29. The molecule has 0 saturated carbocycles. The molecule has 4 N–H and O–H groups in total. The van der Waals surface area contributed by atoms with Gasteiger partial charge in [0, 0.05) is 19.2 Å². The van der Waals surface area contributed by atoms with Gasteiger partial charge in [0.1, 0.15) is 5.75 Å². The Kier molecular flexibility index (Phi) is 5.88. The maximum atomic E-state index is 12.5. The third-order valence-corrected chi connectivity index (χ3v) is 4.01. The smallest absolute Gasteiger partial charge is 0.255 e. The molecule has 1 amide bonds. The van der Waals surface area contributed by atoms with Crippen LogP contribution in [0.1, 0.15) is 23.7 Å². The first kappa shape index (κ1) is 16.9. The lowest BCUT2D eigenvalue weighted by molar-refractivity contribution is 0.0208. The normalized spacial score (nSPS) is 21.4. The van der Waals surface area contributed by atoms with E-state index in [1.807, 2.05) is 6.92 Å². The molecule has 7 heteroatoms. The lowest BCUT2D eigenvalue weighted by atomic mass is 10.0. The fraction of sp³-hybridized carbons (Fsp3) is 0.533. The number of rotatable bonds is 5. The van der Waals surface area contributed by atoms with Gasteiger partial charge in [-0.05, 0) is 26.0 Å². The summed E-state index contributed by atoms with van der Waals surface area (Å²) in [6, 6.07) is 3.04. The second-order valence-electron chi connectivity index (χ2n) is 5.14. The summed E-state index contributed by atoms with van der Waals surface area (Å²) in [6.45, 7) is 4.11. The van der Waals surface area contributed by atoms with Crippen molar-refractivity contribution in [2.75, 3.05) is 32.5 Å².